The molecule has 9 nitrogen and oxygen atoms in total. The first kappa shape index (κ1) is 23.3. The number of aliphatic hydroxyl groups excluding tert-OH is 1. The Hall–Kier alpha value is -2.33. The topological polar surface area (TPSA) is 123 Å². The molecule has 3 N–H and O–H groups in total. The molecule has 0 aliphatic carbocycles. The molecule has 1 aromatic carbocycles. The van der Waals surface area contributed by atoms with Crippen molar-refractivity contribution in [3.63, 3.8) is 0 Å². The quantitative estimate of drug-likeness (QED) is 0.563. The van der Waals surface area contributed by atoms with Gasteiger partial charge in [-0.15, -0.1) is 0 Å². The number of H-pyrrole nitrogens is 1. The molecule has 1 saturated heterocycles. The summed E-state index contributed by atoms with van der Waals surface area (Å²) in [6.45, 7) is 3.36. The molecule has 3 rings (SSSR count). The van der Waals surface area contributed by atoms with E-state index in [1.165, 1.54) is 16.8 Å². The van der Waals surface area contributed by atoms with Crippen LogP contribution in [0.5, 0.6) is 5.75 Å². The standard InChI is InChI=1S/C20H23Cl2N3O6/c1-3-11-9-25(20(29)24-19(11)28)17-7-14(26)16(31-17)8-23-18(27)10(2)30-15-5-4-12(21)6-13(15)22/h4-6,9-10,14,16-17,26H,3,7-8H2,1-2H3,(H,23,27)(H,24,28,29)/t10-,14?,16+,17+/m1/s1. The van der Waals surface area contributed by atoms with Crippen LogP contribution in [0.3, 0.4) is 0 Å². The van der Waals surface area contributed by atoms with E-state index >= 15 is 0 Å². The maximum atomic E-state index is 12.4. The van der Waals surface area contributed by atoms with Crippen molar-refractivity contribution in [2.75, 3.05) is 6.54 Å². The van der Waals surface area contributed by atoms with Crippen molar-refractivity contribution in [3.8, 4) is 5.75 Å². The van der Waals surface area contributed by atoms with Crippen molar-refractivity contribution in [2.24, 2.45) is 0 Å². The van der Waals surface area contributed by atoms with Crippen molar-refractivity contribution in [3.05, 3.63) is 60.8 Å². The lowest BCUT2D eigenvalue weighted by molar-refractivity contribution is -0.128. The highest BCUT2D eigenvalue weighted by Crippen LogP contribution is 2.29. The third-order valence-electron chi connectivity index (χ3n) is 4.98. The van der Waals surface area contributed by atoms with E-state index in [0.717, 1.165) is 0 Å². The van der Waals surface area contributed by atoms with Crippen LogP contribution in [0.1, 0.15) is 32.1 Å². The Morgan fingerprint density at radius 3 is 2.84 bits per heavy atom. The lowest BCUT2D eigenvalue weighted by Gasteiger charge is -2.19. The molecular formula is C20H23Cl2N3O6. The molecule has 168 valence electrons. The molecule has 0 radical (unpaired) electrons. The summed E-state index contributed by atoms with van der Waals surface area (Å²) in [6.07, 6.45) is -1.23. The van der Waals surface area contributed by atoms with E-state index in [0.29, 0.717) is 22.8 Å². The van der Waals surface area contributed by atoms with Crippen LogP contribution in [-0.4, -0.2) is 45.4 Å². The highest BCUT2D eigenvalue weighted by molar-refractivity contribution is 6.35. The first-order valence-corrected chi connectivity index (χ1v) is 10.5. The van der Waals surface area contributed by atoms with Crippen LogP contribution in [-0.2, 0) is 16.0 Å². The summed E-state index contributed by atoms with van der Waals surface area (Å²) in [7, 11) is 0. The minimum Gasteiger partial charge on any atom is -0.479 e. The lowest BCUT2D eigenvalue weighted by atomic mass is 10.1. The van der Waals surface area contributed by atoms with Crippen molar-refractivity contribution in [1.82, 2.24) is 14.9 Å². The van der Waals surface area contributed by atoms with Crippen LogP contribution in [0.2, 0.25) is 10.0 Å². The Balaban J connectivity index is 1.59. The number of aromatic amines is 1. The molecule has 1 aliphatic heterocycles. The SMILES string of the molecule is CCc1cn([C@@H]2CC(O)[C@H](CNC(=O)[C@@H](C)Oc3ccc(Cl)cc3Cl)O2)c(=O)[nH]c1=O. The normalized spacial score (nSPS) is 21.6. The highest BCUT2D eigenvalue weighted by Gasteiger charge is 2.36. The number of nitrogens with one attached hydrogen (secondary N) is 2. The van der Waals surface area contributed by atoms with Gasteiger partial charge in [-0.2, -0.15) is 0 Å². The number of hydrogen-bond acceptors (Lipinski definition) is 6. The molecule has 0 saturated carbocycles. The van der Waals surface area contributed by atoms with Gasteiger partial charge in [-0.25, -0.2) is 4.79 Å². The molecule has 1 aromatic heterocycles. The summed E-state index contributed by atoms with van der Waals surface area (Å²) in [5.74, 6) is -0.116. The summed E-state index contributed by atoms with van der Waals surface area (Å²) >= 11 is 11.9. The average Bonchev–Trinajstić information content (AvgIpc) is 3.08. The number of aryl methyl sites for hydroxylation is 1. The monoisotopic (exact) mass is 471 g/mol. The first-order valence-electron chi connectivity index (χ1n) is 9.76. The van der Waals surface area contributed by atoms with E-state index in [2.05, 4.69) is 10.3 Å². The number of nitrogens with zero attached hydrogens (tertiary/aromatic N) is 1. The van der Waals surface area contributed by atoms with Crippen molar-refractivity contribution < 1.29 is 19.4 Å². The maximum absolute atomic E-state index is 12.4. The summed E-state index contributed by atoms with van der Waals surface area (Å²) in [4.78, 5) is 38.5. The van der Waals surface area contributed by atoms with E-state index in [1.807, 2.05) is 0 Å². The number of aliphatic hydroxyl groups is 1. The van der Waals surface area contributed by atoms with Gasteiger partial charge in [-0.3, -0.25) is 19.1 Å². The van der Waals surface area contributed by atoms with Gasteiger partial charge in [0.2, 0.25) is 0 Å². The van der Waals surface area contributed by atoms with E-state index in [9.17, 15) is 19.5 Å². The molecule has 1 aliphatic rings. The molecule has 2 aromatic rings. The lowest BCUT2D eigenvalue weighted by Crippen LogP contribution is -2.42. The van der Waals surface area contributed by atoms with Gasteiger partial charge in [0, 0.05) is 29.7 Å². The maximum Gasteiger partial charge on any atom is 0.330 e. The molecule has 1 fully saturated rings. The second-order valence-electron chi connectivity index (χ2n) is 7.19. The van der Waals surface area contributed by atoms with Crippen molar-refractivity contribution in [1.29, 1.82) is 0 Å². The first-order chi connectivity index (χ1) is 14.7. The zero-order chi connectivity index (χ0) is 22.7. The Kier molecular flexibility index (Phi) is 7.42. The number of benzene rings is 1. The molecule has 2 heterocycles. The fourth-order valence-corrected chi connectivity index (χ4v) is 3.68. The number of halogens is 2. The van der Waals surface area contributed by atoms with Gasteiger partial charge in [-0.1, -0.05) is 30.1 Å². The number of carbonyl (C=O) groups excluding carboxylic acids is 1. The Labute approximate surface area is 187 Å². The van der Waals surface area contributed by atoms with Gasteiger partial charge in [0.15, 0.2) is 6.10 Å². The molecule has 1 unspecified atom stereocenters. The Bertz CT molecular complexity index is 1070. The molecule has 0 spiro atoms. The van der Waals surface area contributed by atoms with Crippen molar-refractivity contribution in [2.45, 2.75) is 51.2 Å². The second kappa shape index (κ2) is 9.86. The summed E-state index contributed by atoms with van der Waals surface area (Å²) < 4.78 is 12.6. The zero-order valence-corrected chi connectivity index (χ0v) is 18.4. The van der Waals surface area contributed by atoms with Crippen molar-refractivity contribution >= 4 is 29.1 Å². The number of hydrogen-bond donors (Lipinski definition) is 3. The van der Waals surface area contributed by atoms with E-state index < -0.39 is 41.7 Å². The van der Waals surface area contributed by atoms with Gasteiger partial charge < -0.3 is 19.9 Å². The van der Waals surface area contributed by atoms with Gasteiger partial charge in [-0.05, 0) is 31.5 Å². The predicted octanol–water partition coefficient (Wildman–Crippen LogP) is 1.64. The van der Waals surface area contributed by atoms with Crippen LogP contribution in [0, 0.1) is 0 Å². The van der Waals surface area contributed by atoms with E-state index in [1.54, 1.807) is 26.0 Å². The number of rotatable bonds is 7. The number of ether oxygens (including phenoxy) is 2. The van der Waals surface area contributed by atoms with Gasteiger partial charge >= 0.3 is 5.69 Å². The number of aromatic nitrogens is 2. The Morgan fingerprint density at radius 1 is 1.42 bits per heavy atom. The minimum absolute atomic E-state index is 0.0112. The fourth-order valence-electron chi connectivity index (χ4n) is 3.22. The van der Waals surface area contributed by atoms with Crippen LogP contribution in [0.15, 0.2) is 34.0 Å². The molecule has 1 amide bonds. The van der Waals surface area contributed by atoms with Crippen LogP contribution in [0.4, 0.5) is 0 Å². The average molecular weight is 472 g/mol. The zero-order valence-electron chi connectivity index (χ0n) is 16.9. The van der Waals surface area contributed by atoms with E-state index in [4.69, 9.17) is 32.7 Å². The summed E-state index contributed by atoms with van der Waals surface area (Å²) in [5.41, 5.74) is -0.631. The Morgan fingerprint density at radius 2 is 2.16 bits per heavy atom. The van der Waals surface area contributed by atoms with E-state index in [-0.39, 0.29) is 18.0 Å². The third-order valence-corrected chi connectivity index (χ3v) is 5.51. The molecule has 4 atom stereocenters. The minimum atomic E-state index is -0.906. The van der Waals surface area contributed by atoms with Gasteiger partial charge in [0.25, 0.3) is 11.5 Å². The van der Waals surface area contributed by atoms with Crippen LogP contribution >= 0.6 is 23.2 Å². The van der Waals surface area contributed by atoms with Crippen LogP contribution < -0.4 is 21.3 Å². The third kappa shape index (κ3) is 5.48. The molecule has 0 bridgehead atoms. The summed E-state index contributed by atoms with van der Waals surface area (Å²) in [6, 6.07) is 4.67. The smallest absolute Gasteiger partial charge is 0.330 e. The second-order valence-corrected chi connectivity index (χ2v) is 8.03. The highest BCUT2D eigenvalue weighted by atomic mass is 35.5. The largest absolute Gasteiger partial charge is 0.479 e. The van der Waals surface area contributed by atoms with Gasteiger partial charge in [0.05, 0.1) is 11.1 Å². The molecule has 31 heavy (non-hydrogen) atoms. The molecule has 11 heteroatoms. The number of amides is 1. The van der Waals surface area contributed by atoms with Crippen LogP contribution in [0.25, 0.3) is 0 Å². The van der Waals surface area contributed by atoms with Gasteiger partial charge in [0.1, 0.15) is 18.1 Å². The predicted molar refractivity (Wildman–Crippen MR) is 115 cm³/mol. The fraction of sp³-hybridized carbons (Fsp3) is 0.450. The summed E-state index contributed by atoms with van der Waals surface area (Å²) in [5, 5.41) is 13.7. The molecular weight excluding hydrogens is 449 g/mol. The number of carbonyl (C=O) groups is 1.